The maximum Gasteiger partial charge on any atom is 0.254 e. The lowest BCUT2D eigenvalue weighted by Gasteiger charge is -2.32. The molecule has 1 saturated heterocycles. The van der Waals surface area contributed by atoms with Crippen LogP contribution in [-0.2, 0) is 0 Å². The van der Waals surface area contributed by atoms with Gasteiger partial charge in [-0.15, -0.1) is 21.5 Å². The molecule has 8 heteroatoms. The van der Waals surface area contributed by atoms with Crippen molar-refractivity contribution in [3.05, 3.63) is 27.7 Å². The van der Waals surface area contributed by atoms with Crippen LogP contribution in [0.25, 0.3) is 0 Å². The SMILES string of the molecule is COc1cc(C(=O)N2CCCC(c3nnc(C)s3)C2)cc(OC)c1OC. The highest BCUT2D eigenvalue weighted by molar-refractivity contribution is 7.11. The van der Waals surface area contributed by atoms with Crippen LogP contribution >= 0.6 is 11.3 Å². The topological polar surface area (TPSA) is 73.8 Å². The molecule has 1 fully saturated rings. The molecule has 1 amide bonds. The minimum absolute atomic E-state index is 0.0461. The number of methoxy groups -OCH3 is 3. The molecular weight excluding hydrogens is 354 g/mol. The number of aryl methyl sites for hydroxylation is 1. The lowest BCUT2D eigenvalue weighted by molar-refractivity contribution is 0.0706. The van der Waals surface area contributed by atoms with Gasteiger partial charge in [-0.2, -0.15) is 0 Å². The molecule has 0 bridgehead atoms. The molecule has 0 radical (unpaired) electrons. The van der Waals surface area contributed by atoms with Gasteiger partial charge in [-0.25, -0.2) is 0 Å². The van der Waals surface area contributed by atoms with E-state index >= 15 is 0 Å². The van der Waals surface area contributed by atoms with Gasteiger partial charge in [0.15, 0.2) is 11.5 Å². The second-order valence-electron chi connectivity index (χ2n) is 6.16. The first-order valence-electron chi connectivity index (χ1n) is 8.46. The van der Waals surface area contributed by atoms with Crippen LogP contribution in [-0.4, -0.2) is 55.4 Å². The van der Waals surface area contributed by atoms with Gasteiger partial charge in [0.25, 0.3) is 5.91 Å². The van der Waals surface area contributed by atoms with Gasteiger partial charge in [-0.05, 0) is 31.9 Å². The van der Waals surface area contributed by atoms with Crippen LogP contribution in [0.15, 0.2) is 12.1 Å². The quantitative estimate of drug-likeness (QED) is 0.798. The molecule has 0 saturated carbocycles. The highest BCUT2D eigenvalue weighted by Gasteiger charge is 2.28. The fourth-order valence-electron chi connectivity index (χ4n) is 3.23. The third-order valence-electron chi connectivity index (χ3n) is 4.51. The summed E-state index contributed by atoms with van der Waals surface area (Å²) in [6.45, 7) is 3.32. The van der Waals surface area contributed by atoms with Crippen molar-refractivity contribution in [2.24, 2.45) is 0 Å². The summed E-state index contributed by atoms with van der Waals surface area (Å²) >= 11 is 1.60. The summed E-state index contributed by atoms with van der Waals surface area (Å²) in [5.74, 6) is 1.62. The normalized spacial score (nSPS) is 17.1. The molecule has 0 spiro atoms. The van der Waals surface area contributed by atoms with Gasteiger partial charge >= 0.3 is 0 Å². The highest BCUT2D eigenvalue weighted by atomic mass is 32.1. The van der Waals surface area contributed by atoms with Crippen molar-refractivity contribution in [3.63, 3.8) is 0 Å². The maximum absolute atomic E-state index is 13.1. The summed E-state index contributed by atoms with van der Waals surface area (Å²) in [5.41, 5.74) is 0.522. The molecule has 0 aliphatic carbocycles. The highest BCUT2D eigenvalue weighted by Crippen LogP contribution is 2.39. The number of ether oxygens (including phenoxy) is 3. The van der Waals surface area contributed by atoms with Crippen molar-refractivity contribution in [2.75, 3.05) is 34.4 Å². The molecule has 26 heavy (non-hydrogen) atoms. The summed E-state index contributed by atoms with van der Waals surface area (Å²) in [6.07, 6.45) is 1.97. The molecule has 1 aliphatic rings. The number of nitrogens with zero attached hydrogens (tertiary/aromatic N) is 3. The van der Waals surface area contributed by atoms with E-state index in [1.54, 1.807) is 44.8 Å². The number of carbonyl (C=O) groups excluding carboxylic acids is 1. The first kappa shape index (κ1) is 18.4. The monoisotopic (exact) mass is 377 g/mol. The van der Waals surface area contributed by atoms with Crippen LogP contribution < -0.4 is 14.2 Å². The number of hydrogen-bond acceptors (Lipinski definition) is 7. The smallest absolute Gasteiger partial charge is 0.254 e. The Hall–Kier alpha value is -2.35. The zero-order chi connectivity index (χ0) is 18.7. The lowest BCUT2D eigenvalue weighted by Crippen LogP contribution is -2.39. The predicted molar refractivity (Wildman–Crippen MR) is 98.6 cm³/mol. The van der Waals surface area contributed by atoms with Gasteiger partial charge in [0.1, 0.15) is 10.0 Å². The number of benzene rings is 1. The van der Waals surface area contributed by atoms with Crippen LogP contribution in [0, 0.1) is 6.92 Å². The molecular formula is C18H23N3O4S. The molecule has 1 unspecified atom stereocenters. The molecule has 7 nitrogen and oxygen atoms in total. The first-order chi connectivity index (χ1) is 12.6. The standard InChI is InChI=1S/C18H23N3O4S/c1-11-19-20-17(26-11)12-6-5-7-21(10-12)18(22)13-8-14(23-2)16(25-4)15(9-13)24-3/h8-9,12H,5-7,10H2,1-4H3. The zero-order valence-electron chi connectivity index (χ0n) is 15.4. The van der Waals surface area contributed by atoms with Gasteiger partial charge in [-0.1, -0.05) is 0 Å². The molecule has 0 N–H and O–H groups in total. The third-order valence-corrected chi connectivity index (χ3v) is 5.51. The average molecular weight is 377 g/mol. The molecule has 1 aromatic heterocycles. The van der Waals surface area contributed by atoms with E-state index in [9.17, 15) is 4.79 Å². The van der Waals surface area contributed by atoms with E-state index in [0.29, 0.717) is 29.4 Å². The maximum atomic E-state index is 13.1. The van der Waals surface area contributed by atoms with E-state index in [-0.39, 0.29) is 11.8 Å². The third kappa shape index (κ3) is 3.60. The van der Waals surface area contributed by atoms with Crippen LogP contribution in [0.5, 0.6) is 17.2 Å². The van der Waals surface area contributed by atoms with E-state index in [1.807, 2.05) is 11.8 Å². The summed E-state index contributed by atoms with van der Waals surface area (Å²) in [6, 6.07) is 3.39. The Bertz CT molecular complexity index is 767. The first-order valence-corrected chi connectivity index (χ1v) is 9.28. The van der Waals surface area contributed by atoms with Crippen LogP contribution in [0.4, 0.5) is 0 Å². The molecule has 3 rings (SSSR count). The van der Waals surface area contributed by atoms with E-state index in [0.717, 1.165) is 29.4 Å². The summed E-state index contributed by atoms with van der Waals surface area (Å²) < 4.78 is 16.0. The molecule has 1 aromatic carbocycles. The summed E-state index contributed by atoms with van der Waals surface area (Å²) in [7, 11) is 4.63. The molecule has 1 aliphatic heterocycles. The zero-order valence-corrected chi connectivity index (χ0v) is 16.3. The van der Waals surface area contributed by atoms with Crippen molar-refractivity contribution in [1.29, 1.82) is 0 Å². The Morgan fingerprint density at radius 1 is 1.15 bits per heavy atom. The summed E-state index contributed by atoms with van der Waals surface area (Å²) in [4.78, 5) is 14.9. The number of rotatable bonds is 5. The number of piperidine rings is 1. The molecule has 140 valence electrons. The fourth-order valence-corrected chi connectivity index (χ4v) is 4.05. The van der Waals surface area contributed by atoms with Crippen molar-refractivity contribution in [3.8, 4) is 17.2 Å². The number of amides is 1. The minimum atomic E-state index is -0.0461. The van der Waals surface area contributed by atoms with Crippen LogP contribution in [0.1, 0.15) is 39.1 Å². The van der Waals surface area contributed by atoms with Crippen LogP contribution in [0.2, 0.25) is 0 Å². The largest absolute Gasteiger partial charge is 0.493 e. The van der Waals surface area contributed by atoms with E-state index in [2.05, 4.69) is 10.2 Å². The van der Waals surface area contributed by atoms with Gasteiger partial charge in [0, 0.05) is 24.6 Å². The van der Waals surface area contributed by atoms with Gasteiger partial charge in [-0.3, -0.25) is 4.79 Å². The Balaban J connectivity index is 1.84. The van der Waals surface area contributed by atoms with Gasteiger partial charge < -0.3 is 19.1 Å². The second-order valence-corrected chi connectivity index (χ2v) is 7.38. The molecule has 2 heterocycles. The fraction of sp³-hybridized carbons (Fsp3) is 0.500. The second kappa shape index (κ2) is 7.90. The van der Waals surface area contributed by atoms with E-state index in [1.165, 1.54) is 0 Å². The molecule has 1 atom stereocenters. The van der Waals surface area contributed by atoms with Crippen LogP contribution in [0.3, 0.4) is 0 Å². The number of likely N-dealkylation sites (tertiary alicyclic amines) is 1. The summed E-state index contributed by atoms with van der Waals surface area (Å²) in [5, 5.41) is 10.3. The van der Waals surface area contributed by atoms with Gasteiger partial charge in [0.05, 0.1) is 21.3 Å². The number of aromatic nitrogens is 2. The van der Waals surface area contributed by atoms with E-state index < -0.39 is 0 Å². The average Bonchev–Trinajstić information content (AvgIpc) is 3.12. The van der Waals surface area contributed by atoms with Crippen molar-refractivity contribution >= 4 is 17.2 Å². The minimum Gasteiger partial charge on any atom is -0.493 e. The molecule has 2 aromatic rings. The Labute approximate surface area is 156 Å². The number of carbonyl (C=O) groups is 1. The predicted octanol–water partition coefficient (Wildman–Crippen LogP) is 2.89. The Morgan fingerprint density at radius 3 is 2.38 bits per heavy atom. The van der Waals surface area contributed by atoms with Gasteiger partial charge in [0.2, 0.25) is 5.75 Å². The van der Waals surface area contributed by atoms with Crippen molar-refractivity contribution in [1.82, 2.24) is 15.1 Å². The Morgan fingerprint density at radius 2 is 1.85 bits per heavy atom. The lowest BCUT2D eigenvalue weighted by atomic mass is 9.98. The van der Waals surface area contributed by atoms with E-state index in [4.69, 9.17) is 14.2 Å². The number of hydrogen-bond donors (Lipinski definition) is 0. The van der Waals surface area contributed by atoms with Crippen molar-refractivity contribution < 1.29 is 19.0 Å². The Kier molecular flexibility index (Phi) is 5.61. The van der Waals surface area contributed by atoms with Crippen molar-refractivity contribution in [2.45, 2.75) is 25.7 Å².